The second-order valence-corrected chi connectivity index (χ2v) is 6.72. The van der Waals surface area contributed by atoms with E-state index in [2.05, 4.69) is 33.7 Å². The van der Waals surface area contributed by atoms with Gasteiger partial charge in [0.2, 0.25) is 0 Å². The highest BCUT2D eigenvalue weighted by atomic mass is 32.2. The van der Waals surface area contributed by atoms with Gasteiger partial charge in [-0.2, -0.15) is 4.37 Å². The van der Waals surface area contributed by atoms with Gasteiger partial charge in [-0.25, -0.2) is 4.98 Å². The lowest BCUT2D eigenvalue weighted by Crippen LogP contribution is -2.24. The van der Waals surface area contributed by atoms with Crippen LogP contribution >= 0.6 is 23.3 Å². The third-order valence-corrected chi connectivity index (χ3v) is 5.04. The van der Waals surface area contributed by atoms with Gasteiger partial charge in [0.25, 0.3) is 0 Å². The molecule has 0 aliphatic carbocycles. The van der Waals surface area contributed by atoms with Crippen LogP contribution in [-0.2, 0) is 0 Å². The smallest absolute Gasteiger partial charge is 0.170 e. The average molecular weight is 323 g/mol. The number of hydrogen-bond donors (Lipinski definition) is 1. The minimum Gasteiger partial charge on any atom is -0.497 e. The predicted octanol–water partition coefficient (Wildman–Crippen LogP) is 3.69. The monoisotopic (exact) mass is 323 g/mol. The van der Waals surface area contributed by atoms with Crippen LogP contribution in [-0.4, -0.2) is 28.8 Å². The molecule has 0 amide bonds. The highest BCUT2D eigenvalue weighted by molar-refractivity contribution is 8.00. The SMILES string of the molecule is CCCNC(CSc1nc(C)ns1)c1cccc(OC)c1. The first kappa shape index (κ1) is 16.3. The summed E-state index contributed by atoms with van der Waals surface area (Å²) >= 11 is 3.22. The Bertz CT molecular complexity index is 559. The molecular formula is C15H21N3OS2. The van der Waals surface area contributed by atoms with Crippen molar-refractivity contribution in [3.8, 4) is 5.75 Å². The van der Waals surface area contributed by atoms with Gasteiger partial charge in [-0.05, 0) is 49.1 Å². The molecule has 0 radical (unpaired) electrons. The molecule has 0 saturated heterocycles. The predicted molar refractivity (Wildman–Crippen MR) is 89.4 cm³/mol. The van der Waals surface area contributed by atoms with E-state index in [-0.39, 0.29) is 6.04 Å². The second kappa shape index (κ2) is 8.36. The topological polar surface area (TPSA) is 47.0 Å². The molecule has 0 saturated carbocycles. The Kier molecular flexibility index (Phi) is 6.48. The molecule has 1 unspecified atom stereocenters. The molecule has 1 aromatic carbocycles. The van der Waals surface area contributed by atoms with Crippen LogP contribution in [0.1, 0.15) is 30.8 Å². The number of thioether (sulfide) groups is 1. The van der Waals surface area contributed by atoms with Crippen LogP contribution in [0.15, 0.2) is 28.6 Å². The Morgan fingerprint density at radius 3 is 2.95 bits per heavy atom. The van der Waals surface area contributed by atoms with Crippen LogP contribution in [0.2, 0.25) is 0 Å². The van der Waals surface area contributed by atoms with Crippen molar-refractivity contribution >= 4 is 23.3 Å². The molecule has 1 atom stereocenters. The minimum absolute atomic E-state index is 0.286. The fraction of sp³-hybridized carbons (Fsp3) is 0.467. The van der Waals surface area contributed by atoms with E-state index in [1.807, 2.05) is 19.1 Å². The van der Waals surface area contributed by atoms with Gasteiger partial charge in [0.05, 0.1) is 7.11 Å². The Balaban J connectivity index is 2.05. The van der Waals surface area contributed by atoms with Crippen molar-refractivity contribution in [2.24, 2.45) is 0 Å². The van der Waals surface area contributed by atoms with E-state index in [1.54, 1.807) is 18.9 Å². The van der Waals surface area contributed by atoms with Crippen molar-refractivity contribution < 1.29 is 4.74 Å². The van der Waals surface area contributed by atoms with E-state index in [0.717, 1.165) is 34.6 Å². The molecule has 1 aromatic heterocycles. The summed E-state index contributed by atoms with van der Waals surface area (Å²) in [5.41, 5.74) is 1.25. The summed E-state index contributed by atoms with van der Waals surface area (Å²) in [6, 6.07) is 8.53. The standard InChI is InChI=1S/C15H21N3OS2/c1-4-8-16-14(10-20-15-17-11(2)18-21-15)12-6-5-7-13(9-12)19-3/h5-7,9,14,16H,4,8,10H2,1-3H3. The Labute approximate surface area is 134 Å². The van der Waals surface area contributed by atoms with Gasteiger partial charge in [0, 0.05) is 11.8 Å². The summed E-state index contributed by atoms with van der Waals surface area (Å²) in [6.45, 7) is 5.10. The number of aromatic nitrogens is 2. The number of nitrogens with zero attached hydrogens (tertiary/aromatic N) is 2. The van der Waals surface area contributed by atoms with E-state index in [4.69, 9.17) is 4.74 Å². The molecule has 1 heterocycles. The van der Waals surface area contributed by atoms with E-state index in [9.17, 15) is 0 Å². The Morgan fingerprint density at radius 1 is 1.43 bits per heavy atom. The van der Waals surface area contributed by atoms with Crippen LogP contribution in [0.25, 0.3) is 0 Å². The maximum atomic E-state index is 5.32. The summed E-state index contributed by atoms with van der Waals surface area (Å²) in [6.07, 6.45) is 1.11. The molecule has 4 nitrogen and oxygen atoms in total. The van der Waals surface area contributed by atoms with Crippen LogP contribution in [0.5, 0.6) is 5.75 Å². The summed E-state index contributed by atoms with van der Waals surface area (Å²) in [5.74, 6) is 2.68. The summed E-state index contributed by atoms with van der Waals surface area (Å²) in [4.78, 5) is 4.41. The van der Waals surface area contributed by atoms with Gasteiger partial charge in [-0.3, -0.25) is 0 Å². The molecule has 114 valence electrons. The average Bonchev–Trinajstić information content (AvgIpc) is 2.93. The Morgan fingerprint density at radius 2 is 2.29 bits per heavy atom. The normalized spacial score (nSPS) is 12.3. The number of rotatable bonds is 8. The van der Waals surface area contributed by atoms with Crippen LogP contribution in [0, 0.1) is 6.92 Å². The maximum absolute atomic E-state index is 5.32. The molecule has 0 aliphatic rings. The quantitative estimate of drug-likeness (QED) is 0.751. The van der Waals surface area contributed by atoms with Gasteiger partial charge in [0.1, 0.15) is 11.6 Å². The van der Waals surface area contributed by atoms with Crippen LogP contribution in [0.4, 0.5) is 0 Å². The van der Waals surface area contributed by atoms with E-state index in [0.29, 0.717) is 0 Å². The third kappa shape index (κ3) is 4.98. The number of nitrogens with one attached hydrogen (secondary N) is 1. The zero-order valence-electron chi connectivity index (χ0n) is 12.6. The number of aryl methyl sites for hydroxylation is 1. The molecule has 0 spiro atoms. The first-order valence-corrected chi connectivity index (χ1v) is 8.79. The lowest BCUT2D eigenvalue weighted by Gasteiger charge is -2.18. The third-order valence-electron chi connectivity index (χ3n) is 3.02. The molecule has 2 rings (SSSR count). The van der Waals surface area contributed by atoms with E-state index in [1.165, 1.54) is 17.1 Å². The molecular weight excluding hydrogens is 302 g/mol. The summed E-state index contributed by atoms with van der Waals surface area (Å²) < 4.78 is 10.6. The van der Waals surface area contributed by atoms with Crippen molar-refractivity contribution in [2.45, 2.75) is 30.6 Å². The largest absolute Gasteiger partial charge is 0.497 e. The maximum Gasteiger partial charge on any atom is 0.170 e. The van der Waals surface area contributed by atoms with Gasteiger partial charge in [-0.1, -0.05) is 30.8 Å². The van der Waals surface area contributed by atoms with Crippen LogP contribution in [0.3, 0.4) is 0 Å². The molecule has 0 aliphatic heterocycles. The van der Waals surface area contributed by atoms with Gasteiger partial charge < -0.3 is 10.1 Å². The van der Waals surface area contributed by atoms with Gasteiger partial charge in [-0.15, -0.1) is 0 Å². The first-order valence-electron chi connectivity index (χ1n) is 7.03. The number of methoxy groups -OCH3 is 1. The van der Waals surface area contributed by atoms with Crippen molar-refractivity contribution in [1.29, 1.82) is 0 Å². The van der Waals surface area contributed by atoms with Gasteiger partial charge in [0.15, 0.2) is 4.34 Å². The van der Waals surface area contributed by atoms with Crippen molar-refractivity contribution in [1.82, 2.24) is 14.7 Å². The lowest BCUT2D eigenvalue weighted by atomic mass is 10.1. The number of ether oxygens (including phenoxy) is 1. The zero-order valence-corrected chi connectivity index (χ0v) is 14.3. The van der Waals surface area contributed by atoms with Crippen molar-refractivity contribution in [3.63, 3.8) is 0 Å². The van der Waals surface area contributed by atoms with E-state index < -0.39 is 0 Å². The minimum atomic E-state index is 0.286. The molecule has 6 heteroatoms. The Hall–Kier alpha value is -1.11. The fourth-order valence-electron chi connectivity index (χ4n) is 1.94. The molecule has 2 aromatic rings. The summed E-state index contributed by atoms with van der Waals surface area (Å²) in [5, 5.41) is 3.59. The first-order chi connectivity index (χ1) is 10.2. The zero-order chi connectivity index (χ0) is 15.1. The molecule has 21 heavy (non-hydrogen) atoms. The second-order valence-electron chi connectivity index (χ2n) is 4.70. The molecule has 1 N–H and O–H groups in total. The fourth-order valence-corrected chi connectivity index (χ4v) is 3.71. The van der Waals surface area contributed by atoms with E-state index >= 15 is 0 Å². The van der Waals surface area contributed by atoms with Gasteiger partial charge >= 0.3 is 0 Å². The molecule has 0 fully saturated rings. The van der Waals surface area contributed by atoms with Crippen molar-refractivity contribution in [3.05, 3.63) is 35.7 Å². The summed E-state index contributed by atoms with van der Waals surface area (Å²) in [7, 11) is 1.70. The van der Waals surface area contributed by atoms with Crippen molar-refractivity contribution in [2.75, 3.05) is 19.4 Å². The highest BCUT2D eigenvalue weighted by Crippen LogP contribution is 2.27. The number of hydrogen-bond acceptors (Lipinski definition) is 6. The number of benzene rings is 1. The lowest BCUT2D eigenvalue weighted by molar-refractivity contribution is 0.413. The highest BCUT2D eigenvalue weighted by Gasteiger charge is 2.13. The molecule has 0 bridgehead atoms. The van der Waals surface area contributed by atoms with Crippen LogP contribution < -0.4 is 10.1 Å².